The van der Waals surface area contributed by atoms with Crippen LogP contribution in [0.3, 0.4) is 0 Å². The van der Waals surface area contributed by atoms with Crippen LogP contribution in [0.15, 0.2) is 28.8 Å². The number of likely N-dealkylation sites (tertiary alicyclic amines) is 1. The van der Waals surface area contributed by atoms with E-state index in [0.29, 0.717) is 17.9 Å². The van der Waals surface area contributed by atoms with Crippen LogP contribution >= 0.6 is 0 Å². The molecule has 2 aliphatic rings. The minimum atomic E-state index is -0.111. The highest BCUT2D eigenvalue weighted by Crippen LogP contribution is 2.32. The summed E-state index contributed by atoms with van der Waals surface area (Å²) in [6.07, 6.45) is 3.66. The predicted octanol–water partition coefficient (Wildman–Crippen LogP) is 3.00. The van der Waals surface area contributed by atoms with E-state index in [-0.39, 0.29) is 23.8 Å². The maximum atomic E-state index is 12.7. The van der Waals surface area contributed by atoms with E-state index in [4.69, 9.17) is 9.26 Å². The van der Waals surface area contributed by atoms with Crippen LogP contribution < -0.4 is 10.1 Å². The Balaban J connectivity index is 1.30. The van der Waals surface area contributed by atoms with E-state index in [2.05, 4.69) is 10.5 Å². The number of amides is 2. The minimum absolute atomic E-state index is 0.0950. The fourth-order valence-electron chi connectivity index (χ4n) is 3.69. The zero-order valence-electron chi connectivity index (χ0n) is 16.9. The molecule has 2 aromatic rings. The second-order valence-electron chi connectivity index (χ2n) is 7.97. The van der Waals surface area contributed by atoms with E-state index in [0.717, 1.165) is 55.8 Å². The van der Waals surface area contributed by atoms with E-state index in [1.165, 1.54) is 0 Å². The smallest absolute Gasteiger partial charge is 0.251 e. The molecule has 7 nitrogen and oxygen atoms in total. The number of hydrogen-bond acceptors (Lipinski definition) is 5. The highest BCUT2D eigenvalue weighted by atomic mass is 16.5. The highest BCUT2D eigenvalue weighted by molar-refractivity contribution is 5.94. The Hall–Kier alpha value is -2.83. The summed E-state index contributed by atoms with van der Waals surface area (Å²) in [4.78, 5) is 26.8. The van der Waals surface area contributed by atoms with Crippen molar-refractivity contribution in [2.24, 2.45) is 5.92 Å². The number of nitrogens with one attached hydrogen (secondary N) is 1. The van der Waals surface area contributed by atoms with Crippen molar-refractivity contribution >= 4 is 11.8 Å². The molecular weight excluding hydrogens is 370 g/mol. The van der Waals surface area contributed by atoms with Crippen molar-refractivity contribution in [2.45, 2.75) is 52.2 Å². The van der Waals surface area contributed by atoms with Gasteiger partial charge in [0.15, 0.2) is 0 Å². The summed E-state index contributed by atoms with van der Waals surface area (Å²) in [6.45, 7) is 5.52. The van der Waals surface area contributed by atoms with Gasteiger partial charge in [0, 0.05) is 30.6 Å². The summed E-state index contributed by atoms with van der Waals surface area (Å²) in [5, 5.41) is 7.02. The Labute approximate surface area is 170 Å². The molecule has 4 rings (SSSR count). The van der Waals surface area contributed by atoms with Crippen molar-refractivity contribution < 1.29 is 18.8 Å². The molecule has 1 saturated heterocycles. The summed E-state index contributed by atoms with van der Waals surface area (Å²) >= 11 is 0. The Morgan fingerprint density at radius 3 is 2.62 bits per heavy atom. The molecule has 29 heavy (non-hydrogen) atoms. The van der Waals surface area contributed by atoms with E-state index < -0.39 is 0 Å². The number of piperidine rings is 1. The lowest BCUT2D eigenvalue weighted by Crippen LogP contribution is -2.47. The van der Waals surface area contributed by atoms with Gasteiger partial charge in [-0.3, -0.25) is 9.59 Å². The van der Waals surface area contributed by atoms with Crippen molar-refractivity contribution in [3.63, 3.8) is 0 Å². The van der Waals surface area contributed by atoms with Crippen LogP contribution in [0.2, 0.25) is 0 Å². The van der Waals surface area contributed by atoms with E-state index in [1.807, 2.05) is 30.9 Å². The molecule has 2 amide bonds. The number of aromatic nitrogens is 1. The molecule has 2 fully saturated rings. The molecule has 1 N–H and O–H groups in total. The molecule has 0 atom stereocenters. The molecule has 1 aliphatic carbocycles. The average Bonchev–Trinajstić information content (AvgIpc) is 3.53. The Morgan fingerprint density at radius 2 is 1.97 bits per heavy atom. The maximum absolute atomic E-state index is 12.7. The second kappa shape index (κ2) is 8.27. The lowest BCUT2D eigenvalue weighted by atomic mass is 10.0. The minimum Gasteiger partial charge on any atom is -0.489 e. The number of nitrogens with zero attached hydrogens (tertiary/aromatic N) is 2. The fourth-order valence-corrected chi connectivity index (χ4v) is 3.69. The first-order chi connectivity index (χ1) is 14.0. The first-order valence-electron chi connectivity index (χ1n) is 10.3. The van der Waals surface area contributed by atoms with Crippen LogP contribution in [0.25, 0.3) is 0 Å². The van der Waals surface area contributed by atoms with E-state index >= 15 is 0 Å². The molecule has 2 heterocycles. The average molecular weight is 397 g/mol. The number of ether oxygens (including phenoxy) is 1. The van der Waals surface area contributed by atoms with Crippen molar-refractivity contribution in [1.29, 1.82) is 0 Å². The van der Waals surface area contributed by atoms with Gasteiger partial charge in [-0.1, -0.05) is 11.2 Å². The Bertz CT molecular complexity index is 876. The summed E-state index contributed by atoms with van der Waals surface area (Å²) in [5.41, 5.74) is 2.30. The summed E-state index contributed by atoms with van der Waals surface area (Å²) < 4.78 is 11.0. The molecule has 7 heteroatoms. The zero-order chi connectivity index (χ0) is 20.4. The van der Waals surface area contributed by atoms with Crippen LogP contribution in [0.5, 0.6) is 5.75 Å². The first-order valence-corrected chi connectivity index (χ1v) is 10.3. The lowest BCUT2D eigenvalue weighted by molar-refractivity contribution is -0.133. The number of hydrogen-bond donors (Lipinski definition) is 1. The third-order valence-electron chi connectivity index (χ3n) is 5.73. The standard InChI is InChI=1S/C22H27N3O4/c1-14-20(15(2)29-24-14)13-28-19-5-3-4-17(12-19)21(26)23-18-8-10-25(11-9-18)22(27)16-6-7-16/h3-5,12,16,18H,6-11,13H2,1-2H3,(H,23,26). The van der Waals surface area contributed by atoms with Gasteiger partial charge in [0.2, 0.25) is 5.91 Å². The van der Waals surface area contributed by atoms with Crippen LogP contribution in [-0.2, 0) is 11.4 Å². The molecule has 154 valence electrons. The van der Waals surface area contributed by atoms with Gasteiger partial charge < -0.3 is 19.5 Å². The van der Waals surface area contributed by atoms with Crippen molar-refractivity contribution in [1.82, 2.24) is 15.4 Å². The third-order valence-corrected chi connectivity index (χ3v) is 5.73. The molecular formula is C22H27N3O4. The van der Waals surface area contributed by atoms with Gasteiger partial charge >= 0.3 is 0 Å². The zero-order valence-corrected chi connectivity index (χ0v) is 16.9. The molecule has 0 radical (unpaired) electrons. The monoisotopic (exact) mass is 397 g/mol. The normalized spacial score (nSPS) is 17.2. The molecule has 1 aliphatic heterocycles. The van der Waals surface area contributed by atoms with Crippen LogP contribution in [0.1, 0.15) is 53.1 Å². The maximum Gasteiger partial charge on any atom is 0.251 e. The van der Waals surface area contributed by atoms with Crippen LogP contribution in [0, 0.1) is 19.8 Å². The fraction of sp³-hybridized carbons (Fsp3) is 0.500. The molecule has 0 unspecified atom stereocenters. The molecule has 1 saturated carbocycles. The summed E-state index contributed by atoms with van der Waals surface area (Å²) in [6, 6.07) is 7.27. The number of benzene rings is 1. The van der Waals surface area contributed by atoms with Gasteiger partial charge in [-0.15, -0.1) is 0 Å². The summed E-state index contributed by atoms with van der Waals surface area (Å²) in [7, 11) is 0. The SMILES string of the molecule is Cc1noc(C)c1COc1cccc(C(=O)NC2CCN(C(=O)C3CC3)CC2)c1. The third kappa shape index (κ3) is 4.60. The van der Waals surface area contributed by atoms with Gasteiger partial charge in [0.05, 0.1) is 11.3 Å². The van der Waals surface area contributed by atoms with Gasteiger partial charge in [0.1, 0.15) is 18.1 Å². The van der Waals surface area contributed by atoms with Crippen LogP contribution in [-0.4, -0.2) is 41.0 Å². The van der Waals surface area contributed by atoms with E-state index in [9.17, 15) is 9.59 Å². The number of rotatable bonds is 6. The van der Waals surface area contributed by atoms with Gasteiger partial charge in [-0.2, -0.15) is 0 Å². The molecule has 0 spiro atoms. The quantitative estimate of drug-likeness (QED) is 0.810. The summed E-state index contributed by atoms with van der Waals surface area (Å²) in [5.74, 6) is 1.80. The number of aryl methyl sites for hydroxylation is 2. The number of carbonyl (C=O) groups is 2. The molecule has 1 aromatic heterocycles. The van der Waals surface area contributed by atoms with E-state index in [1.54, 1.807) is 12.1 Å². The molecule has 0 bridgehead atoms. The lowest BCUT2D eigenvalue weighted by Gasteiger charge is -2.32. The topological polar surface area (TPSA) is 84.7 Å². The van der Waals surface area contributed by atoms with Gasteiger partial charge in [-0.25, -0.2) is 0 Å². The number of carbonyl (C=O) groups excluding carboxylic acids is 2. The Morgan fingerprint density at radius 1 is 1.21 bits per heavy atom. The first kappa shape index (κ1) is 19.5. The largest absolute Gasteiger partial charge is 0.489 e. The Kier molecular flexibility index (Phi) is 5.56. The van der Waals surface area contributed by atoms with Gasteiger partial charge in [0.25, 0.3) is 5.91 Å². The predicted molar refractivity (Wildman–Crippen MR) is 107 cm³/mol. The second-order valence-corrected chi connectivity index (χ2v) is 7.97. The molecule has 1 aromatic carbocycles. The highest BCUT2D eigenvalue weighted by Gasteiger charge is 2.35. The van der Waals surface area contributed by atoms with Crippen molar-refractivity contribution in [3.8, 4) is 5.75 Å². The van der Waals surface area contributed by atoms with Gasteiger partial charge in [-0.05, 0) is 57.7 Å². The van der Waals surface area contributed by atoms with Crippen molar-refractivity contribution in [3.05, 3.63) is 46.8 Å². The van der Waals surface area contributed by atoms with Crippen molar-refractivity contribution in [2.75, 3.05) is 13.1 Å². The van der Waals surface area contributed by atoms with Crippen LogP contribution in [0.4, 0.5) is 0 Å².